The number of carbonyl (C=O) groups is 2. The van der Waals surface area contributed by atoms with Crippen LogP contribution in [0.2, 0.25) is 0 Å². The second kappa shape index (κ2) is 57.2. The van der Waals surface area contributed by atoms with E-state index in [1.165, 1.54) is 205 Å². The molecule has 0 radical (unpaired) electrons. The van der Waals surface area contributed by atoms with Gasteiger partial charge in [-0.3, -0.25) is 9.59 Å². The van der Waals surface area contributed by atoms with Crippen molar-refractivity contribution in [3.8, 4) is 0 Å². The zero-order valence-corrected chi connectivity index (χ0v) is 50.8. The van der Waals surface area contributed by atoms with Crippen molar-refractivity contribution in [1.82, 2.24) is 5.32 Å². The molecule has 7 atom stereocenters. The molecule has 0 aromatic rings. The number of amides is 1. The SMILES string of the molecule is CCCCC/C=C/CC/C=C/C(O)C(COC1OC(CO)C(O)C(O)C1O)NC(=O)CCCCCCCCCCCCCCC/C=C\C/C=C\CCCCCCCCCCCOC(=O)CCCCCCC/C=C\CCCCCC. The van der Waals surface area contributed by atoms with Gasteiger partial charge in [-0.2, -0.15) is 0 Å². The van der Waals surface area contributed by atoms with Gasteiger partial charge in [0.1, 0.15) is 24.4 Å². The molecule has 1 heterocycles. The first-order chi connectivity index (χ1) is 38.7. The van der Waals surface area contributed by atoms with Gasteiger partial charge in [-0.05, 0) is 103 Å². The number of nitrogens with one attached hydrogen (secondary N) is 1. The van der Waals surface area contributed by atoms with E-state index in [4.69, 9.17) is 14.2 Å². The minimum atomic E-state index is -1.58. The Hall–Kier alpha value is -2.64. The van der Waals surface area contributed by atoms with Crippen LogP contribution in [0.4, 0.5) is 0 Å². The number of allylic oxidation sites excluding steroid dienone is 9. The molecule has 1 fully saturated rings. The quantitative estimate of drug-likeness (QED) is 0.0195. The van der Waals surface area contributed by atoms with Gasteiger partial charge in [-0.1, -0.05) is 242 Å². The lowest BCUT2D eigenvalue weighted by Crippen LogP contribution is -2.60. The van der Waals surface area contributed by atoms with Crippen molar-refractivity contribution in [2.45, 2.75) is 339 Å². The van der Waals surface area contributed by atoms with Crippen LogP contribution < -0.4 is 5.32 Å². The highest BCUT2D eigenvalue weighted by Gasteiger charge is 2.44. The van der Waals surface area contributed by atoms with Crippen molar-refractivity contribution in [2.24, 2.45) is 0 Å². The van der Waals surface area contributed by atoms with Crippen LogP contribution in [-0.4, -0.2) is 100 Å². The number of unbranched alkanes of at least 4 members (excludes halogenated alkanes) is 35. The van der Waals surface area contributed by atoms with E-state index in [9.17, 15) is 35.1 Å². The number of esters is 1. The third-order valence-electron chi connectivity index (χ3n) is 15.3. The molecular weight excluding hydrogens is 991 g/mol. The van der Waals surface area contributed by atoms with E-state index in [0.29, 0.717) is 19.4 Å². The molecule has 0 spiro atoms. The van der Waals surface area contributed by atoms with Crippen molar-refractivity contribution in [3.05, 3.63) is 60.8 Å². The molecule has 1 rings (SSSR count). The normalized spacial score (nSPS) is 18.8. The Morgan fingerprint density at radius 3 is 1.35 bits per heavy atom. The molecule has 1 aliphatic rings. The number of ether oxygens (including phenoxy) is 3. The van der Waals surface area contributed by atoms with E-state index < -0.39 is 49.5 Å². The van der Waals surface area contributed by atoms with E-state index in [-0.39, 0.29) is 18.5 Å². The summed E-state index contributed by atoms with van der Waals surface area (Å²) in [6.07, 6.45) is 65.0. The number of carbonyl (C=O) groups excluding carboxylic acids is 2. The summed E-state index contributed by atoms with van der Waals surface area (Å²) >= 11 is 0. The fraction of sp³-hybridized carbons (Fsp3) is 0.824. The van der Waals surface area contributed by atoms with E-state index in [2.05, 4.69) is 67.8 Å². The van der Waals surface area contributed by atoms with E-state index >= 15 is 0 Å². The van der Waals surface area contributed by atoms with Crippen LogP contribution in [0.1, 0.15) is 296 Å². The molecule has 1 amide bonds. The fourth-order valence-electron chi connectivity index (χ4n) is 10.1. The lowest BCUT2D eigenvalue weighted by molar-refractivity contribution is -0.302. The summed E-state index contributed by atoms with van der Waals surface area (Å²) in [4.78, 5) is 25.0. The largest absolute Gasteiger partial charge is 0.466 e. The van der Waals surface area contributed by atoms with E-state index in [1.807, 2.05) is 6.08 Å². The molecule has 460 valence electrons. The molecule has 0 saturated carbocycles. The van der Waals surface area contributed by atoms with Crippen molar-refractivity contribution in [1.29, 1.82) is 0 Å². The lowest BCUT2D eigenvalue weighted by atomic mass is 9.99. The summed E-state index contributed by atoms with van der Waals surface area (Å²) in [6, 6.07) is -0.828. The van der Waals surface area contributed by atoms with Gasteiger partial charge in [0.05, 0.1) is 32.0 Å². The molecule has 79 heavy (non-hydrogen) atoms. The third kappa shape index (κ3) is 46.5. The van der Waals surface area contributed by atoms with Crippen molar-refractivity contribution in [2.75, 3.05) is 19.8 Å². The second-order valence-electron chi connectivity index (χ2n) is 22.8. The molecule has 0 aromatic carbocycles. The maximum absolute atomic E-state index is 13.0. The van der Waals surface area contributed by atoms with Gasteiger partial charge in [0.15, 0.2) is 6.29 Å². The zero-order chi connectivity index (χ0) is 57.3. The molecule has 1 saturated heterocycles. The Bertz CT molecular complexity index is 1500. The monoisotopic (exact) mass is 1110 g/mol. The first-order valence-corrected chi connectivity index (χ1v) is 33.1. The van der Waals surface area contributed by atoms with Crippen LogP contribution in [0.25, 0.3) is 0 Å². The Kier molecular flexibility index (Phi) is 53.8. The predicted molar refractivity (Wildman–Crippen MR) is 329 cm³/mol. The number of rotatable bonds is 57. The average molecular weight is 1110 g/mol. The molecular formula is C68H123NO10. The number of aliphatic hydroxyl groups excluding tert-OH is 5. The maximum atomic E-state index is 13.0. The molecule has 0 aliphatic carbocycles. The second-order valence-corrected chi connectivity index (χ2v) is 22.8. The number of hydrogen-bond donors (Lipinski definition) is 6. The van der Waals surface area contributed by atoms with Gasteiger partial charge in [-0.15, -0.1) is 0 Å². The third-order valence-corrected chi connectivity index (χ3v) is 15.3. The Labute approximate surface area is 484 Å². The molecule has 0 aromatic heterocycles. The summed E-state index contributed by atoms with van der Waals surface area (Å²) in [6.45, 7) is 4.26. The Balaban J connectivity index is 1.96. The first-order valence-electron chi connectivity index (χ1n) is 33.1. The zero-order valence-electron chi connectivity index (χ0n) is 50.8. The van der Waals surface area contributed by atoms with Crippen molar-refractivity contribution < 1.29 is 49.3 Å². The maximum Gasteiger partial charge on any atom is 0.305 e. The fourth-order valence-corrected chi connectivity index (χ4v) is 10.1. The lowest BCUT2D eigenvalue weighted by Gasteiger charge is -2.40. The van der Waals surface area contributed by atoms with E-state index in [0.717, 1.165) is 64.2 Å². The van der Waals surface area contributed by atoms with Gasteiger partial charge < -0.3 is 45.1 Å². The highest BCUT2D eigenvalue weighted by atomic mass is 16.7. The van der Waals surface area contributed by atoms with Gasteiger partial charge in [0, 0.05) is 12.8 Å². The van der Waals surface area contributed by atoms with Gasteiger partial charge >= 0.3 is 5.97 Å². The highest BCUT2D eigenvalue weighted by Crippen LogP contribution is 2.23. The molecule has 11 nitrogen and oxygen atoms in total. The van der Waals surface area contributed by atoms with Crippen LogP contribution in [0, 0.1) is 0 Å². The topological polar surface area (TPSA) is 175 Å². The van der Waals surface area contributed by atoms with Crippen LogP contribution in [0.15, 0.2) is 60.8 Å². The Morgan fingerprint density at radius 2 is 0.861 bits per heavy atom. The summed E-state index contributed by atoms with van der Waals surface area (Å²) in [5, 5.41) is 54.2. The average Bonchev–Trinajstić information content (AvgIpc) is 3.49. The predicted octanol–water partition coefficient (Wildman–Crippen LogP) is 16.2. The van der Waals surface area contributed by atoms with Gasteiger partial charge in [0.25, 0.3) is 0 Å². The molecule has 6 N–H and O–H groups in total. The summed E-state index contributed by atoms with van der Waals surface area (Å²) < 4.78 is 16.7. The summed E-state index contributed by atoms with van der Waals surface area (Å²) in [5.74, 6) is -0.203. The van der Waals surface area contributed by atoms with Crippen LogP contribution >= 0.6 is 0 Å². The number of hydrogen-bond acceptors (Lipinski definition) is 10. The molecule has 11 heteroatoms. The first kappa shape index (κ1) is 74.4. The van der Waals surface area contributed by atoms with E-state index in [1.54, 1.807) is 6.08 Å². The van der Waals surface area contributed by atoms with Crippen LogP contribution in [0.3, 0.4) is 0 Å². The number of aliphatic hydroxyl groups is 5. The molecule has 0 bridgehead atoms. The summed E-state index contributed by atoms with van der Waals surface area (Å²) in [5.41, 5.74) is 0. The van der Waals surface area contributed by atoms with Crippen LogP contribution in [0.5, 0.6) is 0 Å². The highest BCUT2D eigenvalue weighted by molar-refractivity contribution is 5.76. The minimum absolute atomic E-state index is 0.00681. The smallest absolute Gasteiger partial charge is 0.305 e. The Morgan fingerprint density at radius 1 is 0.468 bits per heavy atom. The van der Waals surface area contributed by atoms with Crippen molar-refractivity contribution >= 4 is 11.9 Å². The van der Waals surface area contributed by atoms with Gasteiger partial charge in [0.2, 0.25) is 5.91 Å². The van der Waals surface area contributed by atoms with Crippen LogP contribution in [-0.2, 0) is 23.8 Å². The molecule has 1 aliphatic heterocycles. The summed E-state index contributed by atoms with van der Waals surface area (Å²) in [7, 11) is 0. The standard InChI is InChI=1S/C68H123NO10/c1-3-5-7-9-11-13-14-32-36-40-44-48-52-56-64(73)77-57-53-49-45-41-37-34-31-29-27-25-23-21-19-17-15-16-18-20-22-24-26-28-30-33-35-39-43-47-51-55-63(72)69-60(61(71)54-50-46-42-38-12-10-8-6-4-2)59-78-68-67(76)66(75)65(74)62(58-70)79-68/h12-15,17,21,23,38,50,54,60-62,65-68,70-71,74-76H,3-11,16,18-20,22,24-37,39-49,51-53,55-59H2,1-2H3,(H,69,72)/b14-13-,17-15-,23-21-,38-12+,54-50+. The van der Waals surface area contributed by atoms with Gasteiger partial charge in [-0.25, -0.2) is 0 Å². The van der Waals surface area contributed by atoms with Crippen molar-refractivity contribution in [3.63, 3.8) is 0 Å². The molecule has 7 unspecified atom stereocenters. The minimum Gasteiger partial charge on any atom is -0.466 e.